The molecule has 0 amide bonds. The molecule has 8 bridgehead atoms. The topological polar surface area (TPSA) is 175 Å². The molecule has 4 heterocycles. The molecule has 0 aromatic rings. The van der Waals surface area contributed by atoms with Crippen LogP contribution >= 0.6 is 0 Å². The maximum atomic E-state index is 13.6. The van der Waals surface area contributed by atoms with E-state index in [0.717, 1.165) is 24.7 Å². The van der Waals surface area contributed by atoms with E-state index in [1.165, 1.54) is 0 Å². The van der Waals surface area contributed by atoms with Gasteiger partial charge in [0, 0.05) is 5.41 Å². The van der Waals surface area contributed by atoms with Crippen LogP contribution in [0.3, 0.4) is 0 Å². The number of ether oxygens (including phenoxy) is 5. The summed E-state index contributed by atoms with van der Waals surface area (Å²) in [6, 6.07) is 0. The van der Waals surface area contributed by atoms with Crippen molar-refractivity contribution < 1.29 is 58.2 Å². The summed E-state index contributed by atoms with van der Waals surface area (Å²) in [6.07, 6.45) is -0.470. The first-order chi connectivity index (χ1) is 19.9. The number of hydrogen-bond acceptors (Lipinski definition) is 10. The van der Waals surface area contributed by atoms with E-state index < -0.39 is 77.3 Å². The lowest BCUT2D eigenvalue weighted by molar-refractivity contribution is -0.447. The summed E-state index contributed by atoms with van der Waals surface area (Å²) in [5.74, 6) is -4.72. The number of carboxylic acids is 2. The van der Waals surface area contributed by atoms with Crippen LogP contribution in [0.4, 0.5) is 0 Å². The lowest BCUT2D eigenvalue weighted by Crippen LogP contribution is -2.66. The molecule has 0 aromatic carbocycles. The van der Waals surface area contributed by atoms with Crippen molar-refractivity contribution in [3.63, 3.8) is 0 Å². The molecule has 12 heteroatoms. The minimum absolute atomic E-state index is 0.0268. The minimum atomic E-state index is -1.96. The molecule has 12 nitrogen and oxygen atoms in total. The third-order valence-corrected chi connectivity index (χ3v) is 11.9. The van der Waals surface area contributed by atoms with E-state index in [9.17, 15) is 29.4 Å². The highest BCUT2D eigenvalue weighted by Gasteiger charge is 2.85. The fraction of sp³-hybridized carbons (Fsp3) is 0.800. The van der Waals surface area contributed by atoms with Crippen molar-refractivity contribution >= 4 is 24.2 Å². The fourth-order valence-electron chi connectivity index (χ4n) is 10.4. The van der Waals surface area contributed by atoms with Gasteiger partial charge in [0.2, 0.25) is 0 Å². The van der Waals surface area contributed by atoms with E-state index in [1.54, 1.807) is 0 Å². The SMILES string of the molecule is CC(C)C1=CC2CC3(C=O)C4CCC(C)C4CC2(COC24OC5OC(C(OC(=O)CCC(=O)O)C5O2)C4O)C13C(=O)O. The van der Waals surface area contributed by atoms with Gasteiger partial charge in [0.05, 0.1) is 24.9 Å². The molecule has 8 aliphatic rings. The Hall–Kier alpha value is -2.38. The van der Waals surface area contributed by atoms with Gasteiger partial charge in [-0.1, -0.05) is 38.8 Å². The molecule has 7 fully saturated rings. The number of aliphatic hydroxyl groups is 1. The molecule has 4 saturated heterocycles. The highest BCUT2D eigenvalue weighted by molar-refractivity contribution is 5.90. The summed E-state index contributed by atoms with van der Waals surface area (Å²) in [5.41, 5.74) is -2.70. The molecule has 13 unspecified atom stereocenters. The maximum absolute atomic E-state index is 13.6. The van der Waals surface area contributed by atoms with Crippen LogP contribution in [-0.4, -0.2) is 82.8 Å². The van der Waals surface area contributed by atoms with Crippen molar-refractivity contribution in [1.82, 2.24) is 0 Å². The smallest absolute Gasteiger partial charge is 0.316 e. The summed E-state index contributed by atoms with van der Waals surface area (Å²) in [5, 5.41) is 31.3. The van der Waals surface area contributed by atoms with Crippen molar-refractivity contribution in [2.24, 2.45) is 45.8 Å². The van der Waals surface area contributed by atoms with Crippen LogP contribution in [0.2, 0.25) is 0 Å². The van der Waals surface area contributed by atoms with Crippen molar-refractivity contribution in [1.29, 1.82) is 0 Å². The highest BCUT2D eigenvalue weighted by atomic mass is 17.0. The molecular weight excluding hydrogens is 552 g/mol. The molecule has 3 N–H and O–H groups in total. The number of aliphatic carboxylic acids is 2. The van der Waals surface area contributed by atoms with Gasteiger partial charge >= 0.3 is 23.9 Å². The average molecular weight is 591 g/mol. The molecule has 3 saturated carbocycles. The largest absolute Gasteiger partial charge is 0.481 e. The zero-order chi connectivity index (χ0) is 30.0. The zero-order valence-corrected chi connectivity index (χ0v) is 23.9. The van der Waals surface area contributed by atoms with E-state index >= 15 is 0 Å². The molecule has 0 aromatic heterocycles. The van der Waals surface area contributed by atoms with Crippen molar-refractivity contribution in [2.45, 2.75) is 96.0 Å². The Morgan fingerprint density at radius 3 is 2.55 bits per heavy atom. The monoisotopic (exact) mass is 590 g/mol. The Bertz CT molecular complexity index is 1260. The standard InChI is InChI=1S/C30H38O12/c1-13(2)18-8-15-9-27(11-31)17-5-4-14(3)16(17)10-28(15,29(18,27)26(36)37)12-38-30-24(35)22-21(23(41-30)25(40-22)42-30)39-20(34)7-6-19(32)33/h8,11,13-17,21-25,35H,4-7,9-10,12H2,1-3H3,(H,32,33)(H,36,37). The van der Waals surface area contributed by atoms with E-state index in [-0.39, 0.29) is 36.7 Å². The first kappa shape index (κ1) is 28.4. The summed E-state index contributed by atoms with van der Waals surface area (Å²) in [7, 11) is 0. The van der Waals surface area contributed by atoms with Crippen LogP contribution in [0, 0.1) is 45.8 Å². The lowest BCUT2D eigenvalue weighted by atomic mass is 9.43. The molecule has 0 radical (unpaired) electrons. The number of esters is 1. The second-order valence-corrected chi connectivity index (χ2v) is 13.8. The molecular formula is C30H38O12. The van der Waals surface area contributed by atoms with Crippen LogP contribution in [-0.2, 0) is 42.9 Å². The van der Waals surface area contributed by atoms with Crippen LogP contribution in [0.25, 0.3) is 0 Å². The maximum Gasteiger partial charge on any atom is 0.316 e. The summed E-state index contributed by atoms with van der Waals surface area (Å²) < 4.78 is 29.6. The normalized spacial score (nSPS) is 50.7. The molecule has 4 aliphatic heterocycles. The number of carbonyl (C=O) groups is 4. The first-order valence-electron chi connectivity index (χ1n) is 15.0. The average Bonchev–Trinajstić information content (AvgIpc) is 3.66. The number of hydrogen-bond donors (Lipinski definition) is 3. The molecule has 230 valence electrons. The van der Waals surface area contributed by atoms with E-state index in [0.29, 0.717) is 18.8 Å². The number of carbonyl (C=O) groups excluding carboxylic acids is 2. The summed E-state index contributed by atoms with van der Waals surface area (Å²) in [6.45, 7) is 5.99. The Labute approximate surface area is 242 Å². The van der Waals surface area contributed by atoms with Gasteiger partial charge in [0.1, 0.15) is 17.8 Å². The highest BCUT2D eigenvalue weighted by Crippen LogP contribution is 2.82. The number of aldehydes is 1. The van der Waals surface area contributed by atoms with Gasteiger partial charge in [-0.05, 0) is 48.9 Å². The Morgan fingerprint density at radius 1 is 1.12 bits per heavy atom. The molecule has 13 atom stereocenters. The van der Waals surface area contributed by atoms with Gasteiger partial charge in [-0.25, -0.2) is 0 Å². The second kappa shape index (κ2) is 9.07. The molecule has 0 spiro atoms. The molecule has 8 rings (SSSR count). The van der Waals surface area contributed by atoms with Crippen molar-refractivity contribution in [2.75, 3.05) is 6.61 Å². The fourth-order valence-corrected chi connectivity index (χ4v) is 10.4. The van der Waals surface area contributed by atoms with Crippen LogP contribution in [0.1, 0.15) is 59.3 Å². The Morgan fingerprint density at radius 2 is 1.88 bits per heavy atom. The van der Waals surface area contributed by atoms with Crippen LogP contribution in [0.15, 0.2) is 11.6 Å². The van der Waals surface area contributed by atoms with Crippen molar-refractivity contribution in [3.05, 3.63) is 11.6 Å². The number of fused-ring (bicyclic) bond motifs is 2. The number of aliphatic hydroxyl groups excluding tert-OH is 1. The third kappa shape index (κ3) is 3.20. The first-order valence-corrected chi connectivity index (χ1v) is 15.0. The van der Waals surface area contributed by atoms with E-state index in [4.69, 9.17) is 28.8 Å². The molecule has 42 heavy (non-hydrogen) atoms. The van der Waals surface area contributed by atoms with E-state index in [1.807, 2.05) is 13.8 Å². The van der Waals surface area contributed by atoms with Gasteiger partial charge in [-0.15, -0.1) is 0 Å². The van der Waals surface area contributed by atoms with Crippen LogP contribution < -0.4 is 0 Å². The molecule has 4 aliphatic carbocycles. The van der Waals surface area contributed by atoms with E-state index in [2.05, 4.69) is 13.0 Å². The predicted octanol–water partition coefficient (Wildman–Crippen LogP) is 1.87. The summed E-state index contributed by atoms with van der Waals surface area (Å²) in [4.78, 5) is 50.0. The number of allylic oxidation sites excluding steroid dienone is 1. The summed E-state index contributed by atoms with van der Waals surface area (Å²) >= 11 is 0. The Balaban J connectivity index is 1.20. The van der Waals surface area contributed by atoms with Gasteiger partial charge in [0.15, 0.2) is 24.6 Å². The minimum Gasteiger partial charge on any atom is -0.481 e. The quantitative estimate of drug-likeness (QED) is 0.192. The predicted molar refractivity (Wildman–Crippen MR) is 138 cm³/mol. The number of rotatable bonds is 10. The third-order valence-electron chi connectivity index (χ3n) is 11.9. The number of carboxylic acid groups (broad SMARTS) is 2. The van der Waals surface area contributed by atoms with Gasteiger partial charge < -0.3 is 39.1 Å². The van der Waals surface area contributed by atoms with Crippen LogP contribution in [0.5, 0.6) is 0 Å². The zero-order valence-electron chi connectivity index (χ0n) is 23.9. The van der Waals surface area contributed by atoms with Crippen molar-refractivity contribution in [3.8, 4) is 0 Å². The van der Waals surface area contributed by atoms with Gasteiger partial charge in [0.25, 0.3) is 0 Å². The van der Waals surface area contributed by atoms with Gasteiger partial charge in [-0.3, -0.25) is 19.1 Å². The second-order valence-electron chi connectivity index (χ2n) is 13.8. The Kier molecular flexibility index (Phi) is 6.13. The lowest BCUT2D eigenvalue weighted by Gasteiger charge is -2.58. The van der Waals surface area contributed by atoms with Gasteiger partial charge in [-0.2, -0.15) is 0 Å².